The zero-order valence-corrected chi connectivity index (χ0v) is 8.92. The summed E-state index contributed by atoms with van der Waals surface area (Å²) >= 11 is 1.36. The van der Waals surface area contributed by atoms with Crippen molar-refractivity contribution in [3.8, 4) is 0 Å². The van der Waals surface area contributed by atoms with Gasteiger partial charge in [-0.15, -0.1) is 5.10 Å². The highest BCUT2D eigenvalue weighted by Gasteiger charge is 2.32. The van der Waals surface area contributed by atoms with Crippen molar-refractivity contribution in [1.82, 2.24) is 9.59 Å². The summed E-state index contributed by atoms with van der Waals surface area (Å²) in [5.41, 5.74) is 0.845. The van der Waals surface area contributed by atoms with E-state index in [2.05, 4.69) is 9.59 Å². The van der Waals surface area contributed by atoms with Gasteiger partial charge in [-0.25, -0.2) is 0 Å². The highest BCUT2D eigenvalue weighted by atomic mass is 32.1. The first-order valence-electron chi connectivity index (χ1n) is 5.07. The van der Waals surface area contributed by atoms with Gasteiger partial charge in [-0.2, -0.15) is 0 Å². The lowest BCUT2D eigenvalue weighted by Crippen LogP contribution is -2.28. The molecule has 3 nitrogen and oxygen atoms in total. The van der Waals surface area contributed by atoms with Crippen LogP contribution in [0.15, 0.2) is 5.38 Å². The number of carbonyl (C=O) groups is 1. The fourth-order valence-corrected chi connectivity index (χ4v) is 2.67. The number of hydrogen-bond acceptors (Lipinski definition) is 4. The summed E-state index contributed by atoms with van der Waals surface area (Å²) in [6, 6.07) is 0. The second-order valence-electron chi connectivity index (χ2n) is 4.11. The van der Waals surface area contributed by atoms with Crippen LogP contribution in [0, 0.1) is 5.41 Å². The normalized spacial score (nSPS) is 20.6. The number of nitrogens with zero attached hydrogens (tertiary/aromatic N) is 2. The Bertz CT molecular complexity index is 291. The Morgan fingerprint density at radius 1 is 1.43 bits per heavy atom. The highest BCUT2D eigenvalue weighted by Crippen LogP contribution is 2.37. The van der Waals surface area contributed by atoms with Crippen LogP contribution in [0.4, 0.5) is 0 Å². The van der Waals surface area contributed by atoms with Crippen molar-refractivity contribution in [2.24, 2.45) is 5.41 Å². The molecule has 1 heterocycles. The largest absolute Gasteiger partial charge is 0.303 e. The Morgan fingerprint density at radius 3 is 2.79 bits per heavy atom. The van der Waals surface area contributed by atoms with Crippen molar-refractivity contribution in [2.75, 3.05) is 0 Å². The molecule has 0 unspecified atom stereocenters. The minimum atomic E-state index is -0.131. The molecule has 1 saturated carbocycles. The van der Waals surface area contributed by atoms with Crippen LogP contribution in [0.5, 0.6) is 0 Å². The SMILES string of the molecule is O=CC1(Cc2csnn2)CCCCC1. The molecule has 0 aromatic carbocycles. The first-order valence-corrected chi connectivity index (χ1v) is 5.91. The number of hydrogen-bond donors (Lipinski definition) is 0. The minimum absolute atomic E-state index is 0.131. The maximum Gasteiger partial charge on any atom is 0.126 e. The Hall–Kier alpha value is -0.770. The highest BCUT2D eigenvalue weighted by molar-refractivity contribution is 7.03. The average Bonchev–Trinajstić information content (AvgIpc) is 2.72. The van der Waals surface area contributed by atoms with E-state index >= 15 is 0 Å². The van der Waals surface area contributed by atoms with Crippen LogP contribution in [0.3, 0.4) is 0 Å². The molecule has 1 aromatic rings. The molecule has 0 spiro atoms. The zero-order chi connectivity index (χ0) is 9.86. The lowest BCUT2D eigenvalue weighted by atomic mass is 9.72. The van der Waals surface area contributed by atoms with Crippen molar-refractivity contribution in [1.29, 1.82) is 0 Å². The molecule has 0 radical (unpaired) electrons. The van der Waals surface area contributed by atoms with E-state index in [0.717, 1.165) is 31.2 Å². The van der Waals surface area contributed by atoms with Crippen LogP contribution < -0.4 is 0 Å². The van der Waals surface area contributed by atoms with Gasteiger partial charge in [0.05, 0.1) is 5.69 Å². The first kappa shape index (κ1) is 9.77. The van der Waals surface area contributed by atoms with E-state index in [-0.39, 0.29) is 5.41 Å². The van der Waals surface area contributed by atoms with E-state index in [4.69, 9.17) is 0 Å². The molecular weight excluding hydrogens is 196 g/mol. The van der Waals surface area contributed by atoms with Gasteiger partial charge in [-0.1, -0.05) is 23.8 Å². The third-order valence-corrected chi connectivity index (χ3v) is 3.59. The first-order chi connectivity index (χ1) is 6.85. The summed E-state index contributed by atoms with van der Waals surface area (Å²) < 4.78 is 3.83. The van der Waals surface area contributed by atoms with Gasteiger partial charge in [0, 0.05) is 17.2 Å². The fourth-order valence-electron chi connectivity index (χ4n) is 2.21. The van der Waals surface area contributed by atoms with Crippen LogP contribution in [-0.2, 0) is 11.2 Å². The lowest BCUT2D eigenvalue weighted by molar-refractivity contribution is -0.117. The second-order valence-corrected chi connectivity index (χ2v) is 4.72. The quantitative estimate of drug-likeness (QED) is 0.718. The average molecular weight is 210 g/mol. The molecule has 1 aliphatic carbocycles. The minimum Gasteiger partial charge on any atom is -0.303 e. The molecule has 1 fully saturated rings. The van der Waals surface area contributed by atoms with Crippen LogP contribution in [-0.4, -0.2) is 15.9 Å². The van der Waals surface area contributed by atoms with Gasteiger partial charge in [0.1, 0.15) is 6.29 Å². The molecule has 0 atom stereocenters. The van der Waals surface area contributed by atoms with Crippen LogP contribution in [0.2, 0.25) is 0 Å². The Labute approximate surface area is 87.7 Å². The molecule has 0 N–H and O–H groups in total. The summed E-state index contributed by atoms with van der Waals surface area (Å²) in [5, 5.41) is 5.96. The smallest absolute Gasteiger partial charge is 0.126 e. The molecule has 1 aliphatic rings. The third-order valence-electron chi connectivity index (χ3n) is 3.04. The monoisotopic (exact) mass is 210 g/mol. The second kappa shape index (κ2) is 4.17. The van der Waals surface area contributed by atoms with E-state index in [0.29, 0.717) is 0 Å². The van der Waals surface area contributed by atoms with Gasteiger partial charge in [0.15, 0.2) is 0 Å². The summed E-state index contributed by atoms with van der Waals surface area (Å²) in [6.07, 6.45) is 7.60. The van der Waals surface area contributed by atoms with Gasteiger partial charge in [0.2, 0.25) is 0 Å². The molecule has 0 amide bonds. The molecule has 1 aromatic heterocycles. The molecule has 14 heavy (non-hydrogen) atoms. The van der Waals surface area contributed by atoms with Gasteiger partial charge in [-0.3, -0.25) is 0 Å². The lowest BCUT2D eigenvalue weighted by Gasteiger charge is -2.31. The summed E-state index contributed by atoms with van der Waals surface area (Å²) in [6.45, 7) is 0. The summed E-state index contributed by atoms with van der Waals surface area (Å²) in [4.78, 5) is 11.2. The van der Waals surface area contributed by atoms with E-state index in [1.54, 1.807) is 0 Å². The van der Waals surface area contributed by atoms with Crippen LogP contribution >= 0.6 is 11.5 Å². The predicted octanol–water partition coefficient (Wildman–Crippen LogP) is 2.23. The maximum atomic E-state index is 11.2. The van der Waals surface area contributed by atoms with Gasteiger partial charge >= 0.3 is 0 Å². The number of rotatable bonds is 3. The van der Waals surface area contributed by atoms with E-state index in [1.165, 1.54) is 30.8 Å². The van der Waals surface area contributed by atoms with Crippen molar-refractivity contribution in [3.63, 3.8) is 0 Å². The van der Waals surface area contributed by atoms with Gasteiger partial charge < -0.3 is 4.79 Å². The van der Waals surface area contributed by atoms with Gasteiger partial charge in [0.25, 0.3) is 0 Å². The molecular formula is C10H14N2OS. The van der Waals surface area contributed by atoms with Crippen molar-refractivity contribution < 1.29 is 4.79 Å². The molecule has 2 rings (SSSR count). The zero-order valence-electron chi connectivity index (χ0n) is 8.11. The molecule has 0 aliphatic heterocycles. The van der Waals surface area contributed by atoms with Crippen molar-refractivity contribution in [2.45, 2.75) is 38.5 Å². The number of carbonyl (C=O) groups excluding carboxylic acids is 1. The van der Waals surface area contributed by atoms with Crippen LogP contribution in [0.25, 0.3) is 0 Å². The Morgan fingerprint density at radius 2 is 2.21 bits per heavy atom. The number of aromatic nitrogens is 2. The van der Waals surface area contributed by atoms with Crippen LogP contribution in [0.1, 0.15) is 37.8 Å². The molecule has 4 heteroatoms. The van der Waals surface area contributed by atoms with Crippen molar-refractivity contribution >= 4 is 17.8 Å². The molecule has 0 saturated heterocycles. The molecule has 76 valence electrons. The third kappa shape index (κ3) is 2.00. The van der Waals surface area contributed by atoms with Crippen molar-refractivity contribution in [3.05, 3.63) is 11.1 Å². The predicted molar refractivity (Wildman–Crippen MR) is 55.2 cm³/mol. The Kier molecular flexibility index (Phi) is 2.91. The van der Waals surface area contributed by atoms with E-state index < -0.39 is 0 Å². The summed E-state index contributed by atoms with van der Waals surface area (Å²) in [7, 11) is 0. The maximum absolute atomic E-state index is 11.2. The summed E-state index contributed by atoms with van der Waals surface area (Å²) in [5.74, 6) is 0. The number of aldehydes is 1. The van der Waals surface area contributed by atoms with Gasteiger partial charge in [-0.05, 0) is 24.4 Å². The van der Waals surface area contributed by atoms with E-state index in [1.807, 2.05) is 5.38 Å². The molecule has 0 bridgehead atoms. The Balaban J connectivity index is 2.08. The fraction of sp³-hybridized carbons (Fsp3) is 0.700. The van der Waals surface area contributed by atoms with E-state index in [9.17, 15) is 4.79 Å². The topological polar surface area (TPSA) is 42.9 Å². The standard InChI is InChI=1S/C10H14N2OS/c13-8-10(4-2-1-3-5-10)6-9-7-14-12-11-9/h7-8H,1-6H2.